The second-order valence-corrected chi connectivity index (χ2v) is 6.92. The quantitative estimate of drug-likeness (QED) is 0.531. The van der Waals surface area contributed by atoms with Gasteiger partial charge in [-0.3, -0.25) is 9.59 Å². The molecule has 1 aliphatic rings. The van der Waals surface area contributed by atoms with Crippen LogP contribution in [-0.2, 0) is 19.1 Å². The zero-order chi connectivity index (χ0) is 19.5. The number of benzene rings is 1. The fourth-order valence-corrected chi connectivity index (χ4v) is 3.25. The molecule has 1 atom stereocenters. The number of hydrogen-bond acceptors (Lipinski definition) is 5. The summed E-state index contributed by atoms with van der Waals surface area (Å²) >= 11 is 0. The van der Waals surface area contributed by atoms with Gasteiger partial charge in [-0.1, -0.05) is 30.3 Å². The van der Waals surface area contributed by atoms with Gasteiger partial charge in [0, 0.05) is 31.7 Å². The summed E-state index contributed by atoms with van der Waals surface area (Å²) in [5.74, 6) is -0.0824. The van der Waals surface area contributed by atoms with Gasteiger partial charge >= 0.3 is 0 Å². The molecule has 1 unspecified atom stereocenters. The predicted octanol–water partition coefficient (Wildman–Crippen LogP) is 1.14. The first kappa shape index (κ1) is 21.3. The van der Waals surface area contributed by atoms with Crippen LogP contribution in [0.5, 0.6) is 0 Å². The van der Waals surface area contributed by atoms with Crippen LogP contribution < -0.4 is 16.4 Å². The summed E-state index contributed by atoms with van der Waals surface area (Å²) in [6.45, 7) is 1.35. The van der Waals surface area contributed by atoms with Crippen molar-refractivity contribution in [3.05, 3.63) is 35.9 Å². The van der Waals surface area contributed by atoms with Gasteiger partial charge in [0.05, 0.1) is 13.2 Å². The van der Waals surface area contributed by atoms with E-state index in [0.717, 1.165) is 31.2 Å². The number of rotatable bonds is 10. The van der Waals surface area contributed by atoms with E-state index in [-0.39, 0.29) is 36.4 Å². The molecule has 2 amide bonds. The lowest BCUT2D eigenvalue weighted by Gasteiger charge is -2.28. The van der Waals surface area contributed by atoms with E-state index in [2.05, 4.69) is 10.6 Å². The summed E-state index contributed by atoms with van der Waals surface area (Å²) in [6.07, 6.45) is 3.13. The molecule has 7 nitrogen and oxygen atoms in total. The highest BCUT2D eigenvalue weighted by molar-refractivity contribution is 5.79. The molecule has 1 saturated carbocycles. The Kier molecular flexibility index (Phi) is 9.24. The van der Waals surface area contributed by atoms with E-state index in [0.29, 0.717) is 19.8 Å². The van der Waals surface area contributed by atoms with Crippen molar-refractivity contribution >= 4 is 11.8 Å². The summed E-state index contributed by atoms with van der Waals surface area (Å²) in [4.78, 5) is 24.2. The number of carbonyl (C=O) groups excluding carboxylic acids is 2. The number of nitrogens with two attached hydrogens (primary N) is 1. The molecule has 0 heterocycles. The van der Waals surface area contributed by atoms with E-state index in [1.807, 2.05) is 30.3 Å². The topological polar surface area (TPSA) is 103 Å². The molecule has 150 valence electrons. The predicted molar refractivity (Wildman–Crippen MR) is 103 cm³/mol. The average Bonchev–Trinajstić information content (AvgIpc) is 2.70. The molecule has 0 aromatic heterocycles. The summed E-state index contributed by atoms with van der Waals surface area (Å²) < 4.78 is 10.1. The number of nitrogens with one attached hydrogen (secondary N) is 2. The summed E-state index contributed by atoms with van der Waals surface area (Å²) in [7, 11) is 1.59. The van der Waals surface area contributed by atoms with Gasteiger partial charge in [0.2, 0.25) is 11.8 Å². The summed E-state index contributed by atoms with van der Waals surface area (Å²) in [5, 5.41) is 5.93. The van der Waals surface area contributed by atoms with Crippen LogP contribution in [0.4, 0.5) is 0 Å². The minimum atomic E-state index is -0.205. The Hall–Kier alpha value is -1.96. The van der Waals surface area contributed by atoms with E-state index in [4.69, 9.17) is 15.2 Å². The van der Waals surface area contributed by atoms with E-state index in [9.17, 15) is 9.59 Å². The van der Waals surface area contributed by atoms with Gasteiger partial charge in [-0.15, -0.1) is 0 Å². The fourth-order valence-electron chi connectivity index (χ4n) is 3.25. The Labute approximate surface area is 161 Å². The van der Waals surface area contributed by atoms with Crippen LogP contribution in [0.3, 0.4) is 0 Å². The van der Waals surface area contributed by atoms with Gasteiger partial charge in [-0.25, -0.2) is 0 Å². The standard InChI is InChI=1S/C20H31N3O4/c1-26-11-12-27-14-19(24)23-17-9-7-16(8-10-17)20(25)22-13-18(21)15-5-3-2-4-6-15/h2-6,16-18H,7-14,21H2,1H3,(H,22,25)(H,23,24). The van der Waals surface area contributed by atoms with Crippen molar-refractivity contribution in [2.45, 2.75) is 37.8 Å². The smallest absolute Gasteiger partial charge is 0.246 e. The van der Waals surface area contributed by atoms with Crippen molar-refractivity contribution in [3.63, 3.8) is 0 Å². The molecule has 0 aliphatic heterocycles. The molecular weight excluding hydrogens is 346 g/mol. The maximum atomic E-state index is 12.4. The third-order valence-corrected chi connectivity index (χ3v) is 4.85. The van der Waals surface area contributed by atoms with Crippen molar-refractivity contribution in [2.24, 2.45) is 11.7 Å². The Bertz CT molecular complexity index is 574. The number of carbonyl (C=O) groups is 2. The third kappa shape index (κ3) is 7.66. The normalized spacial score (nSPS) is 20.7. The largest absolute Gasteiger partial charge is 0.382 e. The van der Waals surface area contributed by atoms with Crippen LogP contribution in [0.1, 0.15) is 37.3 Å². The monoisotopic (exact) mass is 377 g/mol. The first-order valence-electron chi connectivity index (χ1n) is 9.54. The molecule has 0 saturated heterocycles. The van der Waals surface area contributed by atoms with Crippen LogP contribution in [0, 0.1) is 5.92 Å². The molecule has 4 N–H and O–H groups in total. The second-order valence-electron chi connectivity index (χ2n) is 6.92. The zero-order valence-electron chi connectivity index (χ0n) is 16.0. The van der Waals surface area contributed by atoms with Gasteiger partial charge in [0.25, 0.3) is 0 Å². The summed E-state index contributed by atoms with van der Waals surface area (Å²) in [5.41, 5.74) is 7.14. The van der Waals surface area contributed by atoms with Gasteiger partial charge < -0.3 is 25.8 Å². The van der Waals surface area contributed by atoms with Crippen molar-refractivity contribution in [1.29, 1.82) is 0 Å². The van der Waals surface area contributed by atoms with Crippen LogP contribution >= 0.6 is 0 Å². The SMILES string of the molecule is COCCOCC(=O)NC1CCC(C(=O)NCC(N)c2ccccc2)CC1. The molecular formula is C20H31N3O4. The molecule has 0 radical (unpaired) electrons. The van der Waals surface area contributed by atoms with Crippen LogP contribution in [0.15, 0.2) is 30.3 Å². The highest BCUT2D eigenvalue weighted by Crippen LogP contribution is 2.24. The summed E-state index contributed by atoms with van der Waals surface area (Å²) in [6, 6.07) is 9.65. The lowest BCUT2D eigenvalue weighted by Crippen LogP contribution is -2.43. The van der Waals surface area contributed by atoms with E-state index >= 15 is 0 Å². The number of amides is 2. The minimum absolute atomic E-state index is 0.0147. The minimum Gasteiger partial charge on any atom is -0.382 e. The first-order valence-corrected chi connectivity index (χ1v) is 9.54. The Balaban J connectivity index is 1.63. The molecule has 1 aromatic carbocycles. The van der Waals surface area contributed by atoms with Gasteiger partial charge in [-0.2, -0.15) is 0 Å². The molecule has 1 aromatic rings. The molecule has 1 aliphatic carbocycles. The molecule has 2 rings (SSSR count). The lowest BCUT2D eigenvalue weighted by atomic mass is 9.85. The molecule has 0 bridgehead atoms. The number of methoxy groups -OCH3 is 1. The van der Waals surface area contributed by atoms with Gasteiger partial charge in [-0.05, 0) is 31.2 Å². The Morgan fingerprint density at radius 1 is 1.15 bits per heavy atom. The second kappa shape index (κ2) is 11.7. The van der Waals surface area contributed by atoms with E-state index < -0.39 is 0 Å². The molecule has 7 heteroatoms. The highest BCUT2D eigenvalue weighted by Gasteiger charge is 2.27. The molecule has 1 fully saturated rings. The van der Waals surface area contributed by atoms with Crippen molar-refractivity contribution in [2.75, 3.05) is 33.5 Å². The fraction of sp³-hybridized carbons (Fsp3) is 0.600. The van der Waals surface area contributed by atoms with Crippen LogP contribution in [0.25, 0.3) is 0 Å². The Morgan fingerprint density at radius 3 is 2.52 bits per heavy atom. The zero-order valence-corrected chi connectivity index (χ0v) is 16.0. The number of hydrogen-bond donors (Lipinski definition) is 3. The van der Waals surface area contributed by atoms with Crippen molar-refractivity contribution in [1.82, 2.24) is 10.6 Å². The maximum Gasteiger partial charge on any atom is 0.246 e. The number of ether oxygens (including phenoxy) is 2. The van der Waals surface area contributed by atoms with Crippen LogP contribution in [0.2, 0.25) is 0 Å². The first-order chi connectivity index (χ1) is 13.1. The third-order valence-electron chi connectivity index (χ3n) is 4.85. The highest BCUT2D eigenvalue weighted by atomic mass is 16.5. The lowest BCUT2D eigenvalue weighted by molar-refractivity contribution is -0.127. The average molecular weight is 377 g/mol. The van der Waals surface area contributed by atoms with Crippen LogP contribution in [-0.4, -0.2) is 51.3 Å². The van der Waals surface area contributed by atoms with Crippen molar-refractivity contribution in [3.8, 4) is 0 Å². The van der Waals surface area contributed by atoms with E-state index in [1.54, 1.807) is 7.11 Å². The van der Waals surface area contributed by atoms with E-state index in [1.165, 1.54) is 0 Å². The van der Waals surface area contributed by atoms with Crippen molar-refractivity contribution < 1.29 is 19.1 Å². The maximum absolute atomic E-state index is 12.4. The van der Waals surface area contributed by atoms with Gasteiger partial charge in [0.1, 0.15) is 6.61 Å². The Morgan fingerprint density at radius 2 is 1.85 bits per heavy atom. The molecule has 0 spiro atoms. The molecule has 27 heavy (non-hydrogen) atoms. The van der Waals surface area contributed by atoms with Gasteiger partial charge in [0.15, 0.2) is 0 Å².